The smallest absolute Gasteiger partial charge is 0.220 e. The van der Waals surface area contributed by atoms with E-state index in [4.69, 9.17) is 4.74 Å². The summed E-state index contributed by atoms with van der Waals surface area (Å²) in [6.45, 7) is 6.22. The number of hydrogen-bond acceptors (Lipinski definition) is 3. The van der Waals surface area contributed by atoms with Crippen molar-refractivity contribution >= 4 is 11.7 Å². The van der Waals surface area contributed by atoms with Crippen LogP contribution in [0.5, 0.6) is 0 Å². The van der Waals surface area contributed by atoms with Crippen molar-refractivity contribution in [1.82, 2.24) is 5.32 Å². The molecular formula is C20H33NO3. The first-order valence-electron chi connectivity index (χ1n) is 9.67. The molecule has 0 atom stereocenters. The average Bonchev–Trinajstić information content (AvgIpc) is 2.59. The van der Waals surface area contributed by atoms with Gasteiger partial charge in [-0.15, -0.1) is 0 Å². The van der Waals surface area contributed by atoms with Gasteiger partial charge < -0.3 is 10.1 Å². The second-order valence-corrected chi connectivity index (χ2v) is 7.50. The van der Waals surface area contributed by atoms with E-state index in [-0.39, 0.29) is 23.7 Å². The standard InChI is InChI=1S/C20H33NO3/c1-15(2)20(23)16-10-12-17(13-11-16)21-19(22)9-6-14-24-18-7-4-3-5-8-18/h16-18H,1,3-14H2,2H3,(H,21,22). The largest absolute Gasteiger partial charge is 0.378 e. The van der Waals surface area contributed by atoms with Crippen LogP contribution >= 0.6 is 0 Å². The maximum absolute atomic E-state index is 12.0. The minimum absolute atomic E-state index is 0.111. The van der Waals surface area contributed by atoms with Crippen molar-refractivity contribution in [2.75, 3.05) is 6.61 Å². The van der Waals surface area contributed by atoms with Crippen LogP contribution in [0.4, 0.5) is 0 Å². The maximum atomic E-state index is 12.0. The number of rotatable bonds is 8. The highest BCUT2D eigenvalue weighted by Crippen LogP contribution is 2.27. The molecule has 0 bridgehead atoms. The van der Waals surface area contributed by atoms with Gasteiger partial charge in [-0.3, -0.25) is 9.59 Å². The van der Waals surface area contributed by atoms with Crippen LogP contribution in [0.25, 0.3) is 0 Å². The number of carbonyl (C=O) groups is 2. The zero-order valence-corrected chi connectivity index (χ0v) is 15.1. The van der Waals surface area contributed by atoms with Crippen LogP contribution in [-0.4, -0.2) is 30.4 Å². The lowest BCUT2D eigenvalue weighted by Crippen LogP contribution is -2.38. The molecule has 2 aliphatic rings. The molecule has 0 heterocycles. The molecule has 0 aromatic carbocycles. The highest BCUT2D eigenvalue weighted by atomic mass is 16.5. The van der Waals surface area contributed by atoms with Crippen molar-refractivity contribution in [2.24, 2.45) is 5.92 Å². The number of allylic oxidation sites excluding steroid dienone is 1. The lowest BCUT2D eigenvalue weighted by atomic mass is 9.82. The van der Waals surface area contributed by atoms with Crippen molar-refractivity contribution in [3.63, 3.8) is 0 Å². The predicted molar refractivity (Wildman–Crippen MR) is 95.8 cm³/mol. The van der Waals surface area contributed by atoms with E-state index in [1.54, 1.807) is 6.92 Å². The van der Waals surface area contributed by atoms with Gasteiger partial charge in [0.15, 0.2) is 5.78 Å². The Bertz CT molecular complexity index is 432. The quantitative estimate of drug-likeness (QED) is 0.540. The third-order valence-corrected chi connectivity index (χ3v) is 5.34. The first-order valence-corrected chi connectivity index (χ1v) is 9.67. The van der Waals surface area contributed by atoms with Gasteiger partial charge in [0.2, 0.25) is 5.91 Å². The Balaban J connectivity index is 1.55. The Morgan fingerprint density at radius 3 is 2.33 bits per heavy atom. The minimum Gasteiger partial charge on any atom is -0.378 e. The van der Waals surface area contributed by atoms with E-state index in [9.17, 15) is 9.59 Å². The molecule has 0 spiro atoms. The van der Waals surface area contributed by atoms with Gasteiger partial charge in [-0.05, 0) is 57.4 Å². The third kappa shape index (κ3) is 6.39. The second kappa shape index (κ2) is 9.97. The molecule has 0 radical (unpaired) electrons. The molecule has 2 aliphatic carbocycles. The molecule has 0 aromatic heterocycles. The van der Waals surface area contributed by atoms with Crippen LogP contribution in [0.15, 0.2) is 12.2 Å². The van der Waals surface area contributed by atoms with Gasteiger partial charge in [-0.2, -0.15) is 0 Å². The number of hydrogen-bond donors (Lipinski definition) is 1. The van der Waals surface area contributed by atoms with Crippen molar-refractivity contribution < 1.29 is 14.3 Å². The molecular weight excluding hydrogens is 302 g/mol. The summed E-state index contributed by atoms with van der Waals surface area (Å²) in [5.41, 5.74) is 0.653. The van der Waals surface area contributed by atoms with E-state index in [2.05, 4.69) is 11.9 Å². The van der Waals surface area contributed by atoms with Crippen molar-refractivity contribution in [1.29, 1.82) is 0 Å². The van der Waals surface area contributed by atoms with Crippen molar-refractivity contribution in [3.05, 3.63) is 12.2 Å². The monoisotopic (exact) mass is 335 g/mol. The molecule has 1 N–H and O–H groups in total. The predicted octanol–water partition coefficient (Wildman–Crippen LogP) is 3.94. The van der Waals surface area contributed by atoms with Gasteiger partial charge >= 0.3 is 0 Å². The summed E-state index contributed by atoms with van der Waals surface area (Å²) >= 11 is 0. The molecule has 2 fully saturated rings. The molecule has 2 saturated carbocycles. The highest BCUT2D eigenvalue weighted by molar-refractivity contribution is 5.96. The molecule has 24 heavy (non-hydrogen) atoms. The molecule has 2 rings (SSSR count). The number of nitrogens with one attached hydrogen (secondary N) is 1. The number of ketones is 1. The average molecular weight is 335 g/mol. The van der Waals surface area contributed by atoms with Crippen LogP contribution in [0.3, 0.4) is 0 Å². The number of ether oxygens (including phenoxy) is 1. The van der Waals surface area contributed by atoms with Gasteiger partial charge in [-0.1, -0.05) is 25.8 Å². The van der Waals surface area contributed by atoms with Gasteiger partial charge in [-0.25, -0.2) is 0 Å². The SMILES string of the molecule is C=C(C)C(=O)C1CCC(NC(=O)CCCOC2CCCCC2)CC1. The van der Waals surface area contributed by atoms with Crippen LogP contribution < -0.4 is 5.32 Å². The third-order valence-electron chi connectivity index (χ3n) is 5.34. The Labute approximate surface area is 146 Å². The second-order valence-electron chi connectivity index (χ2n) is 7.50. The van der Waals surface area contributed by atoms with Gasteiger partial charge in [0.25, 0.3) is 0 Å². The number of amides is 1. The topological polar surface area (TPSA) is 55.4 Å². The molecule has 0 saturated heterocycles. The first-order chi connectivity index (χ1) is 11.6. The molecule has 0 aromatic rings. The summed E-state index contributed by atoms with van der Waals surface area (Å²) in [6, 6.07) is 0.228. The van der Waals surface area contributed by atoms with Gasteiger partial charge in [0.05, 0.1) is 6.10 Å². The van der Waals surface area contributed by atoms with Crippen molar-refractivity contribution in [3.8, 4) is 0 Å². The normalized spacial score (nSPS) is 25.2. The summed E-state index contributed by atoms with van der Waals surface area (Å²) in [5.74, 6) is 0.427. The van der Waals surface area contributed by atoms with Crippen LogP contribution in [-0.2, 0) is 14.3 Å². The Morgan fingerprint density at radius 2 is 1.71 bits per heavy atom. The van der Waals surface area contributed by atoms with E-state index in [1.165, 1.54) is 32.1 Å². The fourth-order valence-electron chi connectivity index (χ4n) is 3.86. The van der Waals surface area contributed by atoms with Crippen molar-refractivity contribution in [2.45, 2.75) is 89.7 Å². The van der Waals surface area contributed by atoms with Crippen LogP contribution in [0.2, 0.25) is 0 Å². The Morgan fingerprint density at radius 1 is 1.04 bits per heavy atom. The summed E-state index contributed by atoms with van der Waals surface area (Å²) < 4.78 is 5.86. The number of carbonyl (C=O) groups excluding carboxylic acids is 2. The Hall–Kier alpha value is -1.16. The van der Waals surface area contributed by atoms with Gasteiger partial charge in [0, 0.05) is 25.0 Å². The minimum atomic E-state index is 0.111. The highest BCUT2D eigenvalue weighted by Gasteiger charge is 2.27. The summed E-state index contributed by atoms with van der Waals surface area (Å²) in [7, 11) is 0. The maximum Gasteiger partial charge on any atom is 0.220 e. The van der Waals surface area contributed by atoms with Gasteiger partial charge in [0.1, 0.15) is 0 Å². The molecule has 0 aliphatic heterocycles. The first kappa shape index (κ1) is 19.2. The zero-order chi connectivity index (χ0) is 17.4. The van der Waals surface area contributed by atoms with Crippen LogP contribution in [0, 0.1) is 5.92 Å². The number of Topliss-reactive ketones (excluding diaryl/α,β-unsaturated/α-hetero) is 1. The van der Waals surface area contributed by atoms with E-state index in [1.807, 2.05) is 0 Å². The van der Waals surface area contributed by atoms with Crippen LogP contribution in [0.1, 0.15) is 77.6 Å². The summed E-state index contributed by atoms with van der Waals surface area (Å²) in [4.78, 5) is 24.0. The molecule has 1 amide bonds. The van der Waals surface area contributed by atoms with E-state index >= 15 is 0 Å². The Kier molecular flexibility index (Phi) is 7.97. The van der Waals surface area contributed by atoms with E-state index in [0.717, 1.165) is 32.1 Å². The molecule has 4 heteroatoms. The molecule has 4 nitrogen and oxygen atoms in total. The molecule has 0 unspecified atom stereocenters. The summed E-state index contributed by atoms with van der Waals surface area (Å²) in [6.07, 6.45) is 11.5. The fraction of sp³-hybridized carbons (Fsp3) is 0.800. The zero-order valence-electron chi connectivity index (χ0n) is 15.1. The lowest BCUT2D eigenvalue weighted by molar-refractivity contribution is -0.122. The van der Waals surface area contributed by atoms with E-state index in [0.29, 0.717) is 24.7 Å². The molecule has 136 valence electrons. The fourth-order valence-corrected chi connectivity index (χ4v) is 3.86. The lowest BCUT2D eigenvalue weighted by Gasteiger charge is -2.28. The summed E-state index contributed by atoms with van der Waals surface area (Å²) in [5, 5.41) is 3.12. The van der Waals surface area contributed by atoms with E-state index < -0.39 is 0 Å².